The van der Waals surface area contributed by atoms with Crippen molar-refractivity contribution in [3.8, 4) is 0 Å². The number of hydrogen-bond acceptors (Lipinski definition) is 4. The van der Waals surface area contributed by atoms with Crippen molar-refractivity contribution >= 4 is 22.7 Å². The van der Waals surface area contributed by atoms with Gasteiger partial charge in [-0.2, -0.15) is 11.3 Å². The van der Waals surface area contributed by atoms with E-state index < -0.39 is 0 Å². The average molecular weight is 266 g/mol. The van der Waals surface area contributed by atoms with Crippen molar-refractivity contribution in [2.24, 2.45) is 0 Å². The Morgan fingerprint density at radius 2 is 2.00 bits per heavy atom. The molecule has 0 saturated carbocycles. The summed E-state index contributed by atoms with van der Waals surface area (Å²) in [5.41, 5.74) is 2.52. The summed E-state index contributed by atoms with van der Waals surface area (Å²) in [6.45, 7) is 8.58. The lowest BCUT2D eigenvalue weighted by atomic mass is 10.1. The summed E-state index contributed by atoms with van der Waals surface area (Å²) in [6, 6.07) is 2.92. The molecule has 0 aromatic carbocycles. The highest BCUT2D eigenvalue weighted by Gasteiger charge is 2.15. The van der Waals surface area contributed by atoms with E-state index in [0.29, 0.717) is 12.1 Å². The Morgan fingerprint density at radius 3 is 2.53 bits per heavy atom. The topological polar surface area (TPSA) is 24.9 Å². The second-order valence-electron chi connectivity index (χ2n) is 4.35. The predicted octanol–water partition coefficient (Wildman–Crippen LogP) is 4.23. The Kier molecular flexibility index (Phi) is 3.97. The van der Waals surface area contributed by atoms with Gasteiger partial charge in [0.2, 0.25) is 0 Å². The molecule has 0 amide bonds. The zero-order chi connectivity index (χ0) is 12.4. The van der Waals surface area contributed by atoms with Gasteiger partial charge in [-0.25, -0.2) is 4.98 Å². The minimum absolute atomic E-state index is 0.358. The highest BCUT2D eigenvalue weighted by molar-refractivity contribution is 7.11. The van der Waals surface area contributed by atoms with Gasteiger partial charge >= 0.3 is 0 Å². The maximum atomic E-state index is 4.48. The summed E-state index contributed by atoms with van der Waals surface area (Å²) in [6.07, 6.45) is 0. The second-order valence-corrected chi connectivity index (χ2v) is 6.36. The molecule has 4 heteroatoms. The number of thiophene rings is 1. The standard InChI is InChI=1S/C13H18N2S2/c1-8(12-5-6-16-7-12)14-9(2)13-10(3)15-11(4)17-13/h5-9,14H,1-4H3. The Labute approximate surface area is 111 Å². The molecule has 2 heterocycles. The smallest absolute Gasteiger partial charge is 0.0900 e. The van der Waals surface area contributed by atoms with Crippen LogP contribution in [0.1, 0.15) is 47.1 Å². The number of nitrogens with zero attached hydrogens (tertiary/aromatic N) is 1. The average Bonchev–Trinajstić information content (AvgIpc) is 2.87. The van der Waals surface area contributed by atoms with Gasteiger partial charge in [0.15, 0.2) is 0 Å². The molecule has 0 saturated heterocycles. The van der Waals surface area contributed by atoms with Crippen LogP contribution in [0.3, 0.4) is 0 Å². The molecular weight excluding hydrogens is 248 g/mol. The van der Waals surface area contributed by atoms with Crippen LogP contribution < -0.4 is 5.32 Å². The van der Waals surface area contributed by atoms with Crippen LogP contribution in [0.2, 0.25) is 0 Å². The van der Waals surface area contributed by atoms with Gasteiger partial charge in [0.25, 0.3) is 0 Å². The molecule has 2 unspecified atom stereocenters. The lowest BCUT2D eigenvalue weighted by Crippen LogP contribution is -2.21. The minimum Gasteiger partial charge on any atom is -0.303 e. The summed E-state index contributed by atoms with van der Waals surface area (Å²) >= 11 is 3.54. The molecule has 2 aromatic heterocycles. The quantitative estimate of drug-likeness (QED) is 0.895. The van der Waals surface area contributed by atoms with E-state index in [1.54, 1.807) is 22.7 Å². The van der Waals surface area contributed by atoms with E-state index in [4.69, 9.17) is 0 Å². The zero-order valence-electron chi connectivity index (χ0n) is 10.7. The molecule has 0 aliphatic rings. The third kappa shape index (κ3) is 2.94. The molecule has 0 bridgehead atoms. The Hall–Kier alpha value is -0.710. The number of aryl methyl sites for hydroxylation is 2. The van der Waals surface area contributed by atoms with Gasteiger partial charge in [-0.1, -0.05) is 0 Å². The second kappa shape index (κ2) is 5.29. The molecule has 0 fully saturated rings. The highest BCUT2D eigenvalue weighted by Crippen LogP contribution is 2.27. The molecule has 2 rings (SSSR count). The van der Waals surface area contributed by atoms with Gasteiger partial charge in [-0.15, -0.1) is 11.3 Å². The molecule has 0 aliphatic heterocycles. The Balaban J connectivity index is 2.06. The molecule has 0 radical (unpaired) electrons. The van der Waals surface area contributed by atoms with Crippen LogP contribution in [0.25, 0.3) is 0 Å². The summed E-state index contributed by atoms with van der Waals surface area (Å²) in [4.78, 5) is 5.83. The molecule has 92 valence electrons. The summed E-state index contributed by atoms with van der Waals surface area (Å²) in [5.74, 6) is 0. The van der Waals surface area contributed by atoms with Crippen LogP contribution in [-0.4, -0.2) is 4.98 Å². The predicted molar refractivity (Wildman–Crippen MR) is 75.9 cm³/mol. The maximum absolute atomic E-state index is 4.48. The number of nitrogens with one attached hydrogen (secondary N) is 1. The van der Waals surface area contributed by atoms with Crippen molar-refractivity contribution in [2.45, 2.75) is 39.8 Å². The highest BCUT2D eigenvalue weighted by atomic mass is 32.1. The number of hydrogen-bond donors (Lipinski definition) is 1. The van der Waals surface area contributed by atoms with Crippen molar-refractivity contribution in [1.82, 2.24) is 10.3 Å². The first-order chi connectivity index (χ1) is 8.08. The lowest BCUT2D eigenvalue weighted by Gasteiger charge is -2.18. The first-order valence-corrected chi connectivity index (χ1v) is 7.56. The van der Waals surface area contributed by atoms with Gasteiger partial charge in [-0.05, 0) is 50.1 Å². The van der Waals surface area contributed by atoms with Crippen LogP contribution in [0.15, 0.2) is 16.8 Å². The minimum atomic E-state index is 0.358. The van der Waals surface area contributed by atoms with Crippen molar-refractivity contribution in [3.05, 3.63) is 38.0 Å². The van der Waals surface area contributed by atoms with Crippen molar-refractivity contribution in [3.63, 3.8) is 0 Å². The largest absolute Gasteiger partial charge is 0.303 e. The molecule has 2 aromatic rings. The van der Waals surface area contributed by atoms with Gasteiger partial charge < -0.3 is 5.32 Å². The van der Waals surface area contributed by atoms with E-state index >= 15 is 0 Å². The van der Waals surface area contributed by atoms with Crippen molar-refractivity contribution in [1.29, 1.82) is 0 Å². The van der Waals surface area contributed by atoms with E-state index in [9.17, 15) is 0 Å². The summed E-state index contributed by atoms with van der Waals surface area (Å²) < 4.78 is 0. The fourth-order valence-electron chi connectivity index (χ4n) is 2.02. The molecular formula is C13H18N2S2. The fraction of sp³-hybridized carbons (Fsp3) is 0.462. The fourth-order valence-corrected chi connectivity index (χ4v) is 3.71. The molecule has 1 N–H and O–H groups in total. The van der Waals surface area contributed by atoms with E-state index in [1.165, 1.54) is 10.4 Å². The number of aromatic nitrogens is 1. The van der Waals surface area contributed by atoms with Crippen LogP contribution in [0.4, 0.5) is 0 Å². The van der Waals surface area contributed by atoms with Crippen molar-refractivity contribution in [2.75, 3.05) is 0 Å². The summed E-state index contributed by atoms with van der Waals surface area (Å²) in [5, 5.41) is 9.11. The maximum Gasteiger partial charge on any atom is 0.0900 e. The molecule has 2 atom stereocenters. The molecule has 0 spiro atoms. The van der Waals surface area contributed by atoms with Crippen LogP contribution in [0.5, 0.6) is 0 Å². The third-order valence-corrected chi connectivity index (χ3v) is 4.83. The van der Waals surface area contributed by atoms with E-state index in [-0.39, 0.29) is 0 Å². The van der Waals surface area contributed by atoms with Crippen LogP contribution in [-0.2, 0) is 0 Å². The van der Waals surface area contributed by atoms with Gasteiger partial charge in [0.05, 0.1) is 10.7 Å². The zero-order valence-corrected chi connectivity index (χ0v) is 12.3. The molecule has 0 aliphatic carbocycles. The first-order valence-electron chi connectivity index (χ1n) is 5.80. The van der Waals surface area contributed by atoms with Gasteiger partial charge in [0.1, 0.15) is 0 Å². The van der Waals surface area contributed by atoms with Crippen LogP contribution >= 0.6 is 22.7 Å². The SMILES string of the molecule is Cc1nc(C)c(C(C)NC(C)c2ccsc2)s1. The summed E-state index contributed by atoms with van der Waals surface area (Å²) in [7, 11) is 0. The van der Waals surface area contributed by atoms with Crippen molar-refractivity contribution < 1.29 is 0 Å². The van der Waals surface area contributed by atoms with Gasteiger partial charge in [-0.3, -0.25) is 0 Å². The van der Waals surface area contributed by atoms with E-state index in [0.717, 1.165) is 10.7 Å². The van der Waals surface area contributed by atoms with Gasteiger partial charge in [0, 0.05) is 17.0 Å². The lowest BCUT2D eigenvalue weighted by molar-refractivity contribution is 0.499. The number of thiazole rings is 1. The van der Waals surface area contributed by atoms with E-state index in [1.807, 2.05) is 0 Å². The normalized spacial score (nSPS) is 14.8. The Morgan fingerprint density at radius 1 is 1.24 bits per heavy atom. The third-order valence-electron chi connectivity index (χ3n) is 2.88. The molecule has 2 nitrogen and oxygen atoms in total. The monoisotopic (exact) mass is 266 g/mol. The molecule has 17 heavy (non-hydrogen) atoms. The Bertz CT molecular complexity index is 474. The first kappa shape index (κ1) is 12.7. The number of rotatable bonds is 4. The van der Waals surface area contributed by atoms with E-state index in [2.05, 4.69) is 54.8 Å². The van der Waals surface area contributed by atoms with Crippen LogP contribution in [0, 0.1) is 13.8 Å².